The van der Waals surface area contributed by atoms with Crippen LogP contribution in [0, 0.1) is 6.92 Å². The first kappa shape index (κ1) is 13.0. The summed E-state index contributed by atoms with van der Waals surface area (Å²) in [7, 11) is 0. The van der Waals surface area contributed by atoms with Gasteiger partial charge in [-0.3, -0.25) is 0 Å². The Labute approximate surface area is 130 Å². The van der Waals surface area contributed by atoms with Crippen LogP contribution in [0.1, 0.15) is 5.69 Å². The molecular weight excluding hydrogens is 300 g/mol. The van der Waals surface area contributed by atoms with Crippen LogP contribution in [0.5, 0.6) is 5.75 Å². The van der Waals surface area contributed by atoms with Crippen molar-refractivity contribution < 1.29 is 5.11 Å². The van der Waals surface area contributed by atoms with E-state index in [0.717, 1.165) is 27.9 Å². The lowest BCUT2D eigenvalue weighted by atomic mass is 10.1. The Kier molecular flexibility index (Phi) is 2.77. The van der Waals surface area contributed by atoms with E-state index < -0.39 is 0 Å². The summed E-state index contributed by atoms with van der Waals surface area (Å²) in [5.41, 5.74) is 3.81. The fourth-order valence-electron chi connectivity index (χ4n) is 2.51. The van der Waals surface area contributed by atoms with Crippen LogP contribution in [0.4, 0.5) is 0 Å². The fourth-order valence-corrected chi connectivity index (χ4v) is 2.75. The molecule has 1 N–H and O–H groups in total. The van der Waals surface area contributed by atoms with Gasteiger partial charge < -0.3 is 5.11 Å². The summed E-state index contributed by atoms with van der Waals surface area (Å²) in [6, 6.07) is 10.7. The molecule has 5 nitrogen and oxygen atoms in total. The van der Waals surface area contributed by atoms with Crippen molar-refractivity contribution in [2.45, 2.75) is 6.92 Å². The molecule has 0 radical (unpaired) electrons. The van der Waals surface area contributed by atoms with Gasteiger partial charge in [-0.1, -0.05) is 23.7 Å². The Morgan fingerprint density at radius 1 is 1.18 bits per heavy atom. The van der Waals surface area contributed by atoms with E-state index in [1.807, 2.05) is 25.1 Å². The first-order chi connectivity index (χ1) is 10.6. The normalized spacial score (nSPS) is 11.4. The highest BCUT2D eigenvalue weighted by Crippen LogP contribution is 2.31. The van der Waals surface area contributed by atoms with Crippen molar-refractivity contribution in [3.05, 3.63) is 53.4 Å². The van der Waals surface area contributed by atoms with E-state index in [1.165, 1.54) is 0 Å². The summed E-state index contributed by atoms with van der Waals surface area (Å²) in [6.07, 6.45) is 1.75. The number of pyridine rings is 1. The van der Waals surface area contributed by atoms with Gasteiger partial charge in [0.05, 0.1) is 5.69 Å². The number of aromatic hydroxyl groups is 1. The number of rotatable bonds is 1. The third-order valence-corrected chi connectivity index (χ3v) is 3.78. The molecule has 0 aliphatic rings. The van der Waals surface area contributed by atoms with E-state index in [2.05, 4.69) is 15.1 Å². The van der Waals surface area contributed by atoms with Crippen molar-refractivity contribution in [1.29, 1.82) is 0 Å². The summed E-state index contributed by atoms with van der Waals surface area (Å²) >= 11 is 6.34. The van der Waals surface area contributed by atoms with Gasteiger partial charge in [0, 0.05) is 23.2 Å². The number of benzene rings is 1. The number of halogens is 1. The summed E-state index contributed by atoms with van der Waals surface area (Å²) in [5, 5.41) is 15.2. The smallest absolute Gasteiger partial charge is 0.166 e. The first-order valence-electron chi connectivity index (χ1n) is 6.73. The lowest BCUT2D eigenvalue weighted by Crippen LogP contribution is -1.97. The van der Waals surface area contributed by atoms with Crippen molar-refractivity contribution in [3.63, 3.8) is 0 Å². The monoisotopic (exact) mass is 310 g/mol. The molecule has 3 aromatic heterocycles. The average molecular weight is 311 g/mol. The zero-order valence-corrected chi connectivity index (χ0v) is 12.4. The number of aromatic nitrogens is 4. The molecule has 4 aromatic rings. The average Bonchev–Trinajstić information content (AvgIpc) is 2.87. The van der Waals surface area contributed by atoms with Crippen LogP contribution in [-0.4, -0.2) is 24.7 Å². The number of aryl methyl sites for hydroxylation is 1. The topological polar surface area (TPSA) is 63.3 Å². The lowest BCUT2D eigenvalue weighted by molar-refractivity contribution is 0.475. The van der Waals surface area contributed by atoms with Crippen LogP contribution in [0.2, 0.25) is 5.15 Å². The Bertz CT molecular complexity index is 1030. The number of phenolic OH excluding ortho intramolecular Hbond substituents is 1. The third-order valence-electron chi connectivity index (χ3n) is 3.49. The van der Waals surface area contributed by atoms with E-state index in [9.17, 15) is 5.11 Å². The van der Waals surface area contributed by atoms with Crippen LogP contribution in [-0.2, 0) is 0 Å². The molecule has 0 aliphatic carbocycles. The molecule has 0 saturated heterocycles. The van der Waals surface area contributed by atoms with E-state index in [4.69, 9.17) is 11.6 Å². The molecule has 0 atom stereocenters. The second kappa shape index (κ2) is 4.68. The molecule has 0 unspecified atom stereocenters. The third kappa shape index (κ3) is 1.98. The SMILES string of the molecule is Cc1cc2ncc3cc(-c4cccc(O)c4)c(Cl)nc3n2n1. The predicted molar refractivity (Wildman–Crippen MR) is 85.1 cm³/mol. The zero-order valence-electron chi connectivity index (χ0n) is 11.7. The van der Waals surface area contributed by atoms with E-state index in [-0.39, 0.29) is 5.75 Å². The highest BCUT2D eigenvalue weighted by Gasteiger charge is 2.11. The Morgan fingerprint density at radius 3 is 2.86 bits per heavy atom. The van der Waals surface area contributed by atoms with Crippen molar-refractivity contribution in [3.8, 4) is 16.9 Å². The van der Waals surface area contributed by atoms with Gasteiger partial charge in [0.25, 0.3) is 0 Å². The van der Waals surface area contributed by atoms with E-state index >= 15 is 0 Å². The molecule has 1 aromatic carbocycles. The van der Waals surface area contributed by atoms with Gasteiger partial charge in [-0.25, -0.2) is 9.97 Å². The van der Waals surface area contributed by atoms with Crippen LogP contribution in [0.25, 0.3) is 27.8 Å². The minimum atomic E-state index is 0.185. The van der Waals surface area contributed by atoms with Crippen molar-refractivity contribution in [1.82, 2.24) is 19.6 Å². The van der Waals surface area contributed by atoms with E-state index in [0.29, 0.717) is 10.8 Å². The standard InChI is InChI=1S/C16H11ClN4O/c1-9-5-14-18-8-11-7-13(10-3-2-4-12(22)6-10)15(17)19-16(11)21(14)20-9/h2-8,22H,1H3. The van der Waals surface area contributed by atoms with Gasteiger partial charge in [0.1, 0.15) is 10.9 Å². The fraction of sp³-hybridized carbons (Fsp3) is 0.0625. The van der Waals surface area contributed by atoms with Crippen LogP contribution in [0.3, 0.4) is 0 Å². The maximum atomic E-state index is 9.63. The number of fused-ring (bicyclic) bond motifs is 3. The van der Waals surface area contributed by atoms with Crippen LogP contribution < -0.4 is 0 Å². The number of hydrogen-bond donors (Lipinski definition) is 1. The Balaban J connectivity index is 2.02. The molecule has 0 bridgehead atoms. The van der Waals surface area contributed by atoms with Crippen LogP contribution >= 0.6 is 11.6 Å². The van der Waals surface area contributed by atoms with Gasteiger partial charge in [-0.05, 0) is 30.7 Å². The summed E-state index contributed by atoms with van der Waals surface area (Å²) in [5.74, 6) is 0.185. The molecule has 4 rings (SSSR count). The molecule has 0 aliphatic heterocycles. The summed E-state index contributed by atoms with van der Waals surface area (Å²) < 4.78 is 1.68. The van der Waals surface area contributed by atoms with Gasteiger partial charge in [0.15, 0.2) is 11.3 Å². The Hall–Kier alpha value is -2.66. The first-order valence-corrected chi connectivity index (χ1v) is 7.11. The Morgan fingerprint density at radius 2 is 2.05 bits per heavy atom. The lowest BCUT2D eigenvalue weighted by Gasteiger charge is -2.07. The molecule has 22 heavy (non-hydrogen) atoms. The summed E-state index contributed by atoms with van der Waals surface area (Å²) in [6.45, 7) is 1.91. The second-order valence-electron chi connectivity index (χ2n) is 5.10. The van der Waals surface area contributed by atoms with Crippen molar-refractivity contribution >= 4 is 28.3 Å². The minimum absolute atomic E-state index is 0.185. The molecule has 0 fully saturated rings. The minimum Gasteiger partial charge on any atom is -0.508 e. The maximum Gasteiger partial charge on any atom is 0.166 e. The van der Waals surface area contributed by atoms with E-state index in [1.54, 1.807) is 28.9 Å². The van der Waals surface area contributed by atoms with Gasteiger partial charge in [-0.2, -0.15) is 9.61 Å². The number of nitrogens with zero attached hydrogens (tertiary/aromatic N) is 4. The molecule has 0 amide bonds. The van der Waals surface area contributed by atoms with Crippen molar-refractivity contribution in [2.75, 3.05) is 0 Å². The van der Waals surface area contributed by atoms with Gasteiger partial charge >= 0.3 is 0 Å². The predicted octanol–water partition coefficient (Wildman–Crippen LogP) is 3.61. The van der Waals surface area contributed by atoms with Crippen molar-refractivity contribution in [2.24, 2.45) is 0 Å². The number of phenols is 1. The van der Waals surface area contributed by atoms with Crippen LogP contribution in [0.15, 0.2) is 42.6 Å². The van der Waals surface area contributed by atoms with Gasteiger partial charge in [-0.15, -0.1) is 0 Å². The molecule has 6 heteroatoms. The zero-order chi connectivity index (χ0) is 15.3. The molecule has 3 heterocycles. The molecule has 0 saturated carbocycles. The largest absolute Gasteiger partial charge is 0.508 e. The second-order valence-corrected chi connectivity index (χ2v) is 5.46. The quantitative estimate of drug-likeness (QED) is 0.545. The highest BCUT2D eigenvalue weighted by molar-refractivity contribution is 6.32. The number of hydrogen-bond acceptors (Lipinski definition) is 4. The summed E-state index contributed by atoms with van der Waals surface area (Å²) in [4.78, 5) is 8.85. The molecule has 0 spiro atoms. The maximum absolute atomic E-state index is 9.63. The molecular formula is C16H11ClN4O. The highest BCUT2D eigenvalue weighted by atomic mass is 35.5. The molecule has 108 valence electrons. The van der Waals surface area contributed by atoms with Gasteiger partial charge in [0.2, 0.25) is 0 Å².